The summed E-state index contributed by atoms with van der Waals surface area (Å²) >= 11 is 11.6. The molecule has 1 fully saturated rings. The van der Waals surface area contributed by atoms with Gasteiger partial charge < -0.3 is 5.32 Å². The van der Waals surface area contributed by atoms with E-state index in [9.17, 15) is 12.8 Å². The average Bonchev–Trinajstić information content (AvgIpc) is 2.27. The lowest BCUT2D eigenvalue weighted by Gasteiger charge is -2.24. The van der Waals surface area contributed by atoms with Gasteiger partial charge in [0.25, 0.3) is 0 Å². The molecule has 114 valence electrons. The number of hydrogen-bond acceptors (Lipinski definition) is 3. The fraction of sp³-hybridized carbons (Fsp3) is 0.455. The molecule has 0 spiro atoms. The minimum atomic E-state index is -3.86. The van der Waals surface area contributed by atoms with Crippen molar-refractivity contribution in [1.82, 2.24) is 10.0 Å². The fourth-order valence-electron chi connectivity index (χ4n) is 2.02. The highest BCUT2D eigenvalue weighted by Crippen LogP contribution is 2.30. The smallest absolute Gasteiger partial charge is 0.243 e. The van der Waals surface area contributed by atoms with Gasteiger partial charge >= 0.3 is 0 Å². The summed E-state index contributed by atoms with van der Waals surface area (Å²) < 4.78 is 40.0. The molecule has 1 heterocycles. The first kappa shape index (κ1) is 17.9. The van der Waals surface area contributed by atoms with Gasteiger partial charge in [-0.3, -0.25) is 0 Å². The summed E-state index contributed by atoms with van der Waals surface area (Å²) in [6.07, 6.45) is 1.63. The lowest BCUT2D eigenvalue weighted by molar-refractivity contribution is 0.428. The van der Waals surface area contributed by atoms with Crippen LogP contribution in [0.15, 0.2) is 17.0 Å². The first-order chi connectivity index (χ1) is 8.90. The summed E-state index contributed by atoms with van der Waals surface area (Å²) in [7, 11) is -3.86. The van der Waals surface area contributed by atoms with E-state index >= 15 is 0 Å². The number of rotatable bonds is 3. The lowest BCUT2D eigenvalue weighted by Crippen LogP contribution is -2.45. The van der Waals surface area contributed by atoms with E-state index in [1.165, 1.54) is 0 Å². The van der Waals surface area contributed by atoms with Crippen LogP contribution in [0.3, 0.4) is 0 Å². The molecule has 1 aromatic rings. The molecule has 0 radical (unpaired) electrons. The van der Waals surface area contributed by atoms with Crippen molar-refractivity contribution < 1.29 is 12.8 Å². The van der Waals surface area contributed by atoms with Crippen molar-refractivity contribution in [2.24, 2.45) is 0 Å². The van der Waals surface area contributed by atoms with E-state index in [1.807, 2.05) is 0 Å². The van der Waals surface area contributed by atoms with Gasteiger partial charge in [-0.1, -0.05) is 23.2 Å². The van der Waals surface area contributed by atoms with Crippen LogP contribution in [-0.4, -0.2) is 27.5 Å². The average molecular weight is 364 g/mol. The third kappa shape index (κ3) is 4.19. The molecule has 1 aliphatic heterocycles. The number of piperidine rings is 1. The van der Waals surface area contributed by atoms with Gasteiger partial charge in [0, 0.05) is 12.6 Å². The number of benzene rings is 1. The van der Waals surface area contributed by atoms with E-state index < -0.39 is 15.8 Å². The van der Waals surface area contributed by atoms with E-state index in [-0.39, 0.29) is 33.4 Å². The minimum Gasteiger partial charge on any atom is -0.315 e. The standard InChI is InChI=1S/C11H13Cl2FN2O2S.ClH/c12-9-4-7(14)5-10(13)11(9)19(17,18)16-8-2-1-3-15-6-8;/h4-5,8,15-16H,1-3,6H2;1H/t8-;/m1./s1. The third-order valence-corrected chi connectivity index (χ3v) is 5.29. The van der Waals surface area contributed by atoms with Crippen LogP contribution in [0.2, 0.25) is 10.0 Å². The molecule has 1 aliphatic rings. The third-order valence-electron chi connectivity index (χ3n) is 2.85. The summed E-state index contributed by atoms with van der Waals surface area (Å²) in [5.74, 6) is -0.673. The van der Waals surface area contributed by atoms with Gasteiger partial charge in [-0.05, 0) is 31.5 Å². The maximum Gasteiger partial charge on any atom is 0.243 e. The zero-order valence-corrected chi connectivity index (χ0v) is 13.5. The Morgan fingerprint density at radius 2 is 1.90 bits per heavy atom. The second-order valence-electron chi connectivity index (χ2n) is 4.36. The van der Waals surface area contributed by atoms with E-state index in [4.69, 9.17) is 23.2 Å². The molecule has 0 unspecified atom stereocenters. The lowest BCUT2D eigenvalue weighted by atomic mass is 10.1. The number of hydrogen-bond donors (Lipinski definition) is 2. The molecule has 20 heavy (non-hydrogen) atoms. The number of halogens is 4. The molecule has 9 heteroatoms. The van der Waals surface area contributed by atoms with Crippen LogP contribution >= 0.6 is 35.6 Å². The van der Waals surface area contributed by atoms with Crippen LogP contribution in [0, 0.1) is 5.82 Å². The van der Waals surface area contributed by atoms with E-state index in [2.05, 4.69) is 10.0 Å². The van der Waals surface area contributed by atoms with Gasteiger partial charge in [0.1, 0.15) is 10.7 Å². The van der Waals surface area contributed by atoms with Crippen LogP contribution in [-0.2, 0) is 10.0 Å². The first-order valence-electron chi connectivity index (χ1n) is 5.78. The monoisotopic (exact) mass is 362 g/mol. The molecule has 0 bridgehead atoms. The Balaban J connectivity index is 0.00000200. The molecule has 4 nitrogen and oxygen atoms in total. The van der Waals surface area contributed by atoms with Gasteiger partial charge in [-0.15, -0.1) is 12.4 Å². The summed E-state index contributed by atoms with van der Waals surface area (Å²) in [6, 6.07) is 1.65. The molecule has 2 rings (SSSR count). The maximum atomic E-state index is 13.1. The largest absolute Gasteiger partial charge is 0.315 e. The van der Waals surface area contributed by atoms with Crippen LogP contribution < -0.4 is 10.0 Å². The molecule has 1 atom stereocenters. The molecule has 0 amide bonds. The molecular weight excluding hydrogens is 350 g/mol. The van der Waals surface area contributed by atoms with Gasteiger partial charge in [-0.2, -0.15) is 0 Å². The van der Waals surface area contributed by atoms with Crippen LogP contribution in [0.1, 0.15) is 12.8 Å². The Labute approximate surface area is 133 Å². The predicted molar refractivity (Wildman–Crippen MR) is 79.9 cm³/mol. The van der Waals surface area contributed by atoms with Gasteiger partial charge in [0.15, 0.2) is 0 Å². The molecular formula is C11H14Cl3FN2O2S. The molecule has 2 N–H and O–H groups in total. The maximum absolute atomic E-state index is 13.1. The second-order valence-corrected chi connectivity index (χ2v) is 6.83. The molecule has 0 aromatic heterocycles. The zero-order valence-electron chi connectivity index (χ0n) is 10.3. The van der Waals surface area contributed by atoms with Crippen molar-refractivity contribution in [3.05, 3.63) is 28.0 Å². The Bertz CT molecular complexity index is 554. The SMILES string of the molecule is Cl.O=S(=O)(N[C@@H]1CCCNC1)c1c(Cl)cc(F)cc1Cl. The summed E-state index contributed by atoms with van der Waals surface area (Å²) in [5, 5.41) is 2.65. The highest BCUT2D eigenvalue weighted by molar-refractivity contribution is 7.89. The van der Waals surface area contributed by atoms with Crippen LogP contribution in [0.25, 0.3) is 0 Å². The minimum absolute atomic E-state index is 0. The van der Waals surface area contributed by atoms with Crippen molar-refractivity contribution in [3.8, 4) is 0 Å². The Hall–Kier alpha value is -0.110. The summed E-state index contributed by atoms with van der Waals surface area (Å²) in [4.78, 5) is -0.275. The predicted octanol–water partition coefficient (Wildman–Crippen LogP) is 2.58. The summed E-state index contributed by atoms with van der Waals surface area (Å²) in [6.45, 7) is 1.42. The van der Waals surface area contributed by atoms with Crippen LogP contribution in [0.4, 0.5) is 4.39 Å². The van der Waals surface area contributed by atoms with Crippen LogP contribution in [0.5, 0.6) is 0 Å². The molecule has 0 saturated carbocycles. The summed E-state index contributed by atoms with van der Waals surface area (Å²) in [5.41, 5.74) is 0. The molecule has 1 aromatic carbocycles. The van der Waals surface area contributed by atoms with Crippen molar-refractivity contribution in [2.75, 3.05) is 13.1 Å². The Morgan fingerprint density at radius 3 is 2.40 bits per heavy atom. The highest BCUT2D eigenvalue weighted by Gasteiger charge is 2.26. The van der Waals surface area contributed by atoms with Crippen molar-refractivity contribution >= 4 is 45.6 Å². The number of sulfonamides is 1. The van der Waals surface area contributed by atoms with Gasteiger partial charge in [0.05, 0.1) is 10.0 Å². The second kappa shape index (κ2) is 7.24. The van der Waals surface area contributed by atoms with Crippen molar-refractivity contribution in [1.29, 1.82) is 0 Å². The Kier molecular flexibility index (Phi) is 6.50. The van der Waals surface area contributed by atoms with E-state index in [0.717, 1.165) is 31.5 Å². The Morgan fingerprint density at radius 1 is 1.30 bits per heavy atom. The first-order valence-corrected chi connectivity index (χ1v) is 8.01. The highest BCUT2D eigenvalue weighted by atomic mass is 35.5. The molecule has 1 saturated heterocycles. The van der Waals surface area contributed by atoms with Crippen molar-refractivity contribution in [3.63, 3.8) is 0 Å². The topological polar surface area (TPSA) is 58.2 Å². The quantitative estimate of drug-likeness (QED) is 0.868. The zero-order chi connectivity index (χ0) is 14.0. The van der Waals surface area contributed by atoms with Crippen molar-refractivity contribution in [2.45, 2.75) is 23.8 Å². The van der Waals surface area contributed by atoms with E-state index in [1.54, 1.807) is 0 Å². The normalized spacial score (nSPS) is 19.4. The fourth-order valence-corrected chi connectivity index (χ4v) is 4.48. The molecule has 0 aliphatic carbocycles. The van der Waals surface area contributed by atoms with Gasteiger partial charge in [-0.25, -0.2) is 17.5 Å². The van der Waals surface area contributed by atoms with Gasteiger partial charge in [0.2, 0.25) is 10.0 Å². The van der Waals surface area contributed by atoms with E-state index in [0.29, 0.717) is 6.54 Å². The number of nitrogens with one attached hydrogen (secondary N) is 2.